The molecule has 0 heterocycles. The number of hydrogen-bond acceptors (Lipinski definition) is 1. The quantitative estimate of drug-likeness (QED) is 0.249. The predicted octanol–water partition coefficient (Wildman–Crippen LogP) is 1.21. The van der Waals surface area contributed by atoms with Crippen LogP contribution in [0.15, 0.2) is 0 Å². The summed E-state index contributed by atoms with van der Waals surface area (Å²) in [6, 6.07) is 0. The van der Waals surface area contributed by atoms with Crippen LogP contribution in [-0.2, 0) is 4.79 Å². The van der Waals surface area contributed by atoms with Crippen molar-refractivity contribution < 1.29 is 25.1 Å². The van der Waals surface area contributed by atoms with Crippen molar-refractivity contribution in [3.8, 4) is 0 Å². The van der Waals surface area contributed by atoms with Crippen LogP contribution in [0.4, 0.5) is 0 Å². The van der Waals surface area contributed by atoms with E-state index in [4.69, 9.17) is 0 Å². The molecule has 80 valence electrons. The van der Waals surface area contributed by atoms with E-state index in [1.54, 1.807) is 0 Å². The number of aldehydes is 1. The largest absolute Gasteiger partial charge is 1.00 e. The molecule has 0 aliphatic heterocycles. The maximum absolute atomic E-state index is 10.0. The molecule has 0 aromatic heterocycles. The van der Waals surface area contributed by atoms with Crippen molar-refractivity contribution >= 4 is 22.2 Å². The second-order valence-corrected chi connectivity index (χ2v) is 4.27. The molecule has 0 N–H and O–H groups in total. The van der Waals surface area contributed by atoms with Crippen molar-refractivity contribution in [3.63, 3.8) is 0 Å². The molecule has 0 bridgehead atoms. The van der Waals surface area contributed by atoms with E-state index in [-0.39, 0.29) is 20.3 Å². The van der Waals surface area contributed by atoms with E-state index in [0.717, 1.165) is 24.5 Å². The summed E-state index contributed by atoms with van der Waals surface area (Å²) in [6.07, 6.45) is 12.2. The van der Waals surface area contributed by atoms with Gasteiger partial charge in [-0.1, -0.05) is 54.5 Å². The van der Waals surface area contributed by atoms with Gasteiger partial charge in [-0.05, 0) is 12.8 Å². The molecule has 0 saturated heterocycles. The third kappa shape index (κ3) is 15.2. The number of halogens is 1. The molecule has 0 rings (SSSR count). The summed E-state index contributed by atoms with van der Waals surface area (Å²) >= 11 is 3.43. The molecular weight excluding hydrogens is 235 g/mol. The summed E-state index contributed by atoms with van der Waals surface area (Å²) in [4.78, 5) is 10.0. The van der Waals surface area contributed by atoms with Crippen molar-refractivity contribution in [3.05, 3.63) is 0 Å². The van der Waals surface area contributed by atoms with Crippen LogP contribution in [0.1, 0.15) is 59.2 Å². The van der Waals surface area contributed by atoms with Crippen molar-refractivity contribution in [1.29, 1.82) is 0 Å². The number of hydrogen-bond donors (Lipinski definition) is 0. The van der Waals surface area contributed by atoms with E-state index in [1.807, 2.05) is 0 Å². The molecule has 0 aliphatic carbocycles. The van der Waals surface area contributed by atoms with Gasteiger partial charge in [0, 0.05) is 11.8 Å². The Bertz CT molecular complexity index is 115. The van der Waals surface area contributed by atoms with Crippen molar-refractivity contribution in [2.45, 2.75) is 57.8 Å². The SMILES string of the molecule is O=CCCCCCCCCCCBr.[H-].[Li+]. The first-order valence-electron chi connectivity index (χ1n) is 5.41. The molecule has 0 atom stereocenters. The standard InChI is InChI=1S/C11H21BrO.Li.H/c12-10-8-6-4-2-1-3-5-7-9-11-13;;/h11H,1-10H2;;/q;+1;-1. The Balaban J connectivity index is -0.000000720. The molecule has 0 radical (unpaired) electrons. The van der Waals surface area contributed by atoms with Gasteiger partial charge in [0.15, 0.2) is 0 Å². The van der Waals surface area contributed by atoms with Crippen LogP contribution in [0.2, 0.25) is 0 Å². The molecule has 0 amide bonds. The maximum Gasteiger partial charge on any atom is 1.00 e. The Morgan fingerprint density at radius 1 is 0.857 bits per heavy atom. The van der Waals surface area contributed by atoms with Crippen LogP contribution in [0.5, 0.6) is 0 Å². The van der Waals surface area contributed by atoms with Gasteiger partial charge in [-0.3, -0.25) is 0 Å². The minimum atomic E-state index is 0. The second-order valence-electron chi connectivity index (χ2n) is 3.47. The fraction of sp³-hybridized carbons (Fsp3) is 0.909. The fourth-order valence-electron chi connectivity index (χ4n) is 1.38. The fourth-order valence-corrected chi connectivity index (χ4v) is 1.78. The molecule has 3 heteroatoms. The number of rotatable bonds is 10. The van der Waals surface area contributed by atoms with Gasteiger partial charge in [-0.15, -0.1) is 0 Å². The second kappa shape index (κ2) is 16.2. The minimum absolute atomic E-state index is 0. The maximum atomic E-state index is 10.0. The molecule has 1 nitrogen and oxygen atoms in total. The average Bonchev–Trinajstić information content (AvgIpc) is 2.16. The summed E-state index contributed by atoms with van der Waals surface area (Å²) in [5, 5.41) is 1.15. The van der Waals surface area contributed by atoms with Gasteiger partial charge in [-0.25, -0.2) is 0 Å². The summed E-state index contributed by atoms with van der Waals surface area (Å²) in [5.74, 6) is 0. The first-order valence-corrected chi connectivity index (χ1v) is 6.53. The van der Waals surface area contributed by atoms with E-state index < -0.39 is 0 Å². The van der Waals surface area contributed by atoms with E-state index in [2.05, 4.69) is 15.9 Å². The zero-order valence-electron chi connectivity index (χ0n) is 10.4. The Morgan fingerprint density at radius 3 is 1.71 bits per heavy atom. The van der Waals surface area contributed by atoms with Gasteiger partial charge in [0.05, 0.1) is 0 Å². The van der Waals surface area contributed by atoms with E-state index in [1.165, 1.54) is 44.9 Å². The first-order chi connectivity index (χ1) is 6.41. The van der Waals surface area contributed by atoms with Crippen molar-refractivity contribution in [1.82, 2.24) is 0 Å². The Kier molecular flexibility index (Phi) is 19.8. The molecule has 0 aliphatic rings. The normalized spacial score (nSPS) is 9.50. The molecular formula is C11H22BrLiO. The minimum Gasteiger partial charge on any atom is -1.00 e. The molecule has 0 aromatic carbocycles. The van der Waals surface area contributed by atoms with Crippen molar-refractivity contribution in [2.75, 3.05) is 5.33 Å². The topological polar surface area (TPSA) is 17.1 Å². The summed E-state index contributed by atoms with van der Waals surface area (Å²) in [6.45, 7) is 0. The monoisotopic (exact) mass is 256 g/mol. The summed E-state index contributed by atoms with van der Waals surface area (Å²) in [5.41, 5.74) is 0. The molecule has 0 saturated carbocycles. The molecule has 0 fully saturated rings. The van der Waals surface area contributed by atoms with Crippen LogP contribution in [0.25, 0.3) is 0 Å². The van der Waals surface area contributed by atoms with Gasteiger partial charge < -0.3 is 6.22 Å². The van der Waals surface area contributed by atoms with Gasteiger partial charge in [0.1, 0.15) is 6.29 Å². The summed E-state index contributed by atoms with van der Waals surface area (Å²) in [7, 11) is 0. The Hall–Kier alpha value is 0.747. The number of unbranched alkanes of at least 4 members (excludes halogenated alkanes) is 8. The van der Waals surface area contributed by atoms with Crippen LogP contribution in [0.3, 0.4) is 0 Å². The van der Waals surface area contributed by atoms with Crippen molar-refractivity contribution in [2.24, 2.45) is 0 Å². The third-order valence-corrected chi connectivity index (χ3v) is 2.77. The van der Waals surface area contributed by atoms with E-state index >= 15 is 0 Å². The van der Waals surface area contributed by atoms with Gasteiger partial charge in [-0.2, -0.15) is 0 Å². The molecule has 0 aromatic rings. The Morgan fingerprint density at radius 2 is 1.29 bits per heavy atom. The molecule has 14 heavy (non-hydrogen) atoms. The van der Waals surface area contributed by atoms with Crippen LogP contribution >= 0.6 is 15.9 Å². The number of carbonyl (C=O) groups excluding carboxylic acids is 1. The van der Waals surface area contributed by atoms with E-state index in [9.17, 15) is 4.79 Å². The van der Waals surface area contributed by atoms with Gasteiger partial charge in [0.25, 0.3) is 0 Å². The predicted molar refractivity (Wildman–Crippen MR) is 62.5 cm³/mol. The van der Waals surface area contributed by atoms with Crippen LogP contribution in [0, 0.1) is 0 Å². The first kappa shape index (κ1) is 17.2. The number of alkyl halides is 1. The number of carbonyl (C=O) groups is 1. The molecule has 0 spiro atoms. The van der Waals surface area contributed by atoms with E-state index in [0.29, 0.717) is 0 Å². The smallest absolute Gasteiger partial charge is 1.00 e. The van der Waals surface area contributed by atoms with Gasteiger partial charge in [0.2, 0.25) is 0 Å². The molecule has 0 unspecified atom stereocenters. The zero-order valence-corrected chi connectivity index (χ0v) is 11.0. The Labute approximate surface area is 110 Å². The van der Waals surface area contributed by atoms with Gasteiger partial charge >= 0.3 is 18.9 Å². The van der Waals surface area contributed by atoms with Crippen LogP contribution in [-0.4, -0.2) is 11.6 Å². The summed E-state index contributed by atoms with van der Waals surface area (Å²) < 4.78 is 0. The average molecular weight is 257 g/mol. The zero-order chi connectivity index (χ0) is 9.78. The van der Waals surface area contributed by atoms with Crippen LogP contribution < -0.4 is 18.9 Å². The third-order valence-electron chi connectivity index (χ3n) is 2.21.